The van der Waals surface area contributed by atoms with E-state index in [0.717, 1.165) is 35.5 Å². The van der Waals surface area contributed by atoms with Crippen LogP contribution >= 0.6 is 0 Å². The number of rotatable bonds is 5. The standard InChI is InChI=1S/C18H27NO3/c1-6-21-18-8-12(2)16(7-13(18)3)17(20)11-19-9-14(4)22-15(5)10-19/h7-8,14-15H,6,9-11H2,1-5H3. The number of carbonyl (C=O) groups excluding carboxylic acids is 1. The average Bonchev–Trinajstić information content (AvgIpc) is 2.41. The van der Waals surface area contributed by atoms with Gasteiger partial charge in [0.2, 0.25) is 0 Å². The molecule has 0 amide bonds. The number of ether oxygens (including phenoxy) is 2. The van der Waals surface area contributed by atoms with E-state index in [0.29, 0.717) is 13.2 Å². The van der Waals surface area contributed by atoms with Crippen molar-refractivity contribution in [1.29, 1.82) is 0 Å². The van der Waals surface area contributed by atoms with E-state index in [1.165, 1.54) is 0 Å². The van der Waals surface area contributed by atoms with Crippen LogP contribution in [0.2, 0.25) is 0 Å². The summed E-state index contributed by atoms with van der Waals surface area (Å²) in [5.41, 5.74) is 2.79. The maximum absolute atomic E-state index is 12.6. The molecule has 0 spiro atoms. The molecule has 4 nitrogen and oxygen atoms in total. The molecular weight excluding hydrogens is 278 g/mol. The smallest absolute Gasteiger partial charge is 0.177 e. The summed E-state index contributed by atoms with van der Waals surface area (Å²) >= 11 is 0. The summed E-state index contributed by atoms with van der Waals surface area (Å²) in [5.74, 6) is 1.04. The van der Waals surface area contributed by atoms with Gasteiger partial charge >= 0.3 is 0 Å². The molecule has 4 heteroatoms. The Kier molecular flexibility index (Phi) is 5.59. The largest absolute Gasteiger partial charge is 0.494 e. The van der Waals surface area contributed by atoms with Gasteiger partial charge in [0.15, 0.2) is 5.78 Å². The summed E-state index contributed by atoms with van der Waals surface area (Å²) in [6.45, 7) is 12.7. The molecule has 1 aliphatic rings. The van der Waals surface area contributed by atoms with Gasteiger partial charge < -0.3 is 9.47 Å². The Bertz CT molecular complexity index is 531. The lowest BCUT2D eigenvalue weighted by Crippen LogP contribution is -2.47. The lowest BCUT2D eigenvalue weighted by Gasteiger charge is -2.34. The first kappa shape index (κ1) is 17.0. The highest BCUT2D eigenvalue weighted by atomic mass is 16.5. The van der Waals surface area contributed by atoms with Crippen LogP contribution in [-0.4, -0.2) is 49.1 Å². The second-order valence-electron chi connectivity index (χ2n) is 6.24. The third-order valence-electron chi connectivity index (χ3n) is 3.98. The van der Waals surface area contributed by atoms with Crippen LogP contribution in [0.3, 0.4) is 0 Å². The number of nitrogens with zero attached hydrogens (tertiary/aromatic N) is 1. The molecule has 0 saturated carbocycles. The molecule has 1 heterocycles. The van der Waals surface area contributed by atoms with Gasteiger partial charge in [0, 0.05) is 18.7 Å². The monoisotopic (exact) mass is 305 g/mol. The number of morpholine rings is 1. The minimum Gasteiger partial charge on any atom is -0.494 e. The fourth-order valence-corrected chi connectivity index (χ4v) is 3.10. The summed E-state index contributed by atoms with van der Waals surface area (Å²) in [6, 6.07) is 3.92. The molecule has 0 bridgehead atoms. The zero-order chi connectivity index (χ0) is 16.3. The van der Waals surface area contributed by atoms with Crippen LogP contribution in [0, 0.1) is 13.8 Å². The Morgan fingerprint density at radius 3 is 2.45 bits per heavy atom. The Morgan fingerprint density at radius 2 is 1.86 bits per heavy atom. The zero-order valence-corrected chi connectivity index (χ0v) is 14.3. The van der Waals surface area contributed by atoms with Gasteiger partial charge in [-0.05, 0) is 57.9 Å². The van der Waals surface area contributed by atoms with Crippen molar-refractivity contribution in [3.8, 4) is 5.75 Å². The van der Waals surface area contributed by atoms with Gasteiger partial charge in [0.05, 0.1) is 25.4 Å². The van der Waals surface area contributed by atoms with Crippen molar-refractivity contribution in [1.82, 2.24) is 4.90 Å². The van der Waals surface area contributed by atoms with Gasteiger partial charge in [-0.3, -0.25) is 9.69 Å². The van der Waals surface area contributed by atoms with Crippen molar-refractivity contribution in [2.24, 2.45) is 0 Å². The van der Waals surface area contributed by atoms with Crippen LogP contribution in [0.5, 0.6) is 5.75 Å². The highest BCUT2D eigenvalue weighted by Gasteiger charge is 2.24. The van der Waals surface area contributed by atoms with E-state index in [1.54, 1.807) is 0 Å². The molecule has 0 N–H and O–H groups in total. The van der Waals surface area contributed by atoms with Crippen molar-refractivity contribution in [3.63, 3.8) is 0 Å². The molecule has 1 aromatic rings. The molecule has 1 aromatic carbocycles. The quantitative estimate of drug-likeness (QED) is 0.784. The lowest BCUT2D eigenvalue weighted by atomic mass is 10.0. The molecule has 22 heavy (non-hydrogen) atoms. The molecule has 122 valence electrons. The summed E-state index contributed by atoms with van der Waals surface area (Å²) in [6.07, 6.45) is 0.361. The van der Waals surface area contributed by atoms with Gasteiger partial charge in [-0.25, -0.2) is 0 Å². The van der Waals surface area contributed by atoms with Crippen LogP contribution < -0.4 is 4.74 Å². The number of carbonyl (C=O) groups is 1. The summed E-state index contributed by atoms with van der Waals surface area (Å²) in [7, 11) is 0. The molecule has 2 atom stereocenters. The number of hydrogen-bond acceptors (Lipinski definition) is 4. The van der Waals surface area contributed by atoms with E-state index in [-0.39, 0.29) is 18.0 Å². The van der Waals surface area contributed by atoms with Crippen LogP contribution in [0.1, 0.15) is 42.3 Å². The number of hydrogen-bond donors (Lipinski definition) is 0. The Labute approximate surface area is 133 Å². The fourth-order valence-electron chi connectivity index (χ4n) is 3.10. The molecule has 0 aliphatic carbocycles. The third-order valence-corrected chi connectivity index (χ3v) is 3.98. The average molecular weight is 305 g/mol. The maximum atomic E-state index is 12.6. The van der Waals surface area contributed by atoms with E-state index >= 15 is 0 Å². The van der Waals surface area contributed by atoms with Gasteiger partial charge in [0.1, 0.15) is 5.75 Å². The maximum Gasteiger partial charge on any atom is 0.177 e. The molecule has 1 aliphatic heterocycles. The molecule has 1 saturated heterocycles. The second kappa shape index (κ2) is 7.25. The predicted octanol–water partition coefficient (Wildman–Crippen LogP) is 2.99. The Hall–Kier alpha value is -1.39. The Morgan fingerprint density at radius 1 is 1.23 bits per heavy atom. The number of Topliss-reactive ketones (excluding diaryl/α,β-unsaturated/α-hetero) is 1. The van der Waals surface area contributed by atoms with Crippen molar-refractivity contribution in [3.05, 3.63) is 28.8 Å². The van der Waals surface area contributed by atoms with Gasteiger partial charge in [-0.15, -0.1) is 0 Å². The highest BCUT2D eigenvalue weighted by molar-refractivity contribution is 5.99. The molecule has 2 rings (SSSR count). The highest BCUT2D eigenvalue weighted by Crippen LogP contribution is 2.24. The molecule has 2 unspecified atom stereocenters. The molecule has 0 radical (unpaired) electrons. The second-order valence-corrected chi connectivity index (χ2v) is 6.24. The van der Waals surface area contributed by atoms with Gasteiger partial charge in [0.25, 0.3) is 0 Å². The van der Waals surface area contributed by atoms with E-state index in [4.69, 9.17) is 9.47 Å². The van der Waals surface area contributed by atoms with Crippen molar-refractivity contribution < 1.29 is 14.3 Å². The molecule has 1 fully saturated rings. The van der Waals surface area contributed by atoms with Crippen molar-refractivity contribution >= 4 is 5.78 Å². The molecular formula is C18H27NO3. The lowest BCUT2D eigenvalue weighted by molar-refractivity contribution is -0.0652. The predicted molar refractivity (Wildman–Crippen MR) is 87.9 cm³/mol. The van der Waals surface area contributed by atoms with Crippen LogP contribution in [-0.2, 0) is 4.74 Å². The molecule has 0 aromatic heterocycles. The minimum atomic E-state index is 0.171. The number of aryl methyl sites for hydroxylation is 2. The van der Waals surface area contributed by atoms with E-state index in [1.807, 2.05) is 32.9 Å². The topological polar surface area (TPSA) is 38.8 Å². The van der Waals surface area contributed by atoms with Crippen LogP contribution in [0.4, 0.5) is 0 Å². The third kappa shape index (κ3) is 4.08. The van der Waals surface area contributed by atoms with Crippen molar-refractivity contribution in [2.75, 3.05) is 26.2 Å². The number of ketones is 1. The normalized spacial score (nSPS) is 22.6. The summed E-state index contributed by atoms with van der Waals surface area (Å²) in [4.78, 5) is 14.8. The van der Waals surface area contributed by atoms with E-state index in [2.05, 4.69) is 18.7 Å². The van der Waals surface area contributed by atoms with Gasteiger partial charge in [-0.2, -0.15) is 0 Å². The van der Waals surface area contributed by atoms with E-state index < -0.39 is 0 Å². The summed E-state index contributed by atoms with van der Waals surface area (Å²) in [5, 5.41) is 0. The first-order chi connectivity index (χ1) is 10.4. The van der Waals surface area contributed by atoms with Crippen LogP contribution in [0.25, 0.3) is 0 Å². The fraction of sp³-hybridized carbons (Fsp3) is 0.611. The van der Waals surface area contributed by atoms with Crippen molar-refractivity contribution in [2.45, 2.75) is 46.8 Å². The summed E-state index contributed by atoms with van der Waals surface area (Å²) < 4.78 is 11.3. The Balaban J connectivity index is 2.11. The van der Waals surface area contributed by atoms with E-state index in [9.17, 15) is 4.79 Å². The SMILES string of the molecule is CCOc1cc(C)c(C(=O)CN2CC(C)OC(C)C2)cc1C. The first-order valence-electron chi connectivity index (χ1n) is 8.05. The zero-order valence-electron chi connectivity index (χ0n) is 14.3. The van der Waals surface area contributed by atoms with Gasteiger partial charge in [-0.1, -0.05) is 0 Å². The minimum absolute atomic E-state index is 0.171. The first-order valence-corrected chi connectivity index (χ1v) is 8.05. The van der Waals surface area contributed by atoms with Crippen LogP contribution in [0.15, 0.2) is 12.1 Å². The number of benzene rings is 1.